The fraction of sp³-hybridized carbons (Fsp3) is 0.0952. The van der Waals surface area contributed by atoms with Crippen LogP contribution in [0, 0.1) is 0 Å². The molecule has 1 N–H and O–H groups in total. The number of carbonyl (C=O) groups excluding carboxylic acids is 1. The van der Waals surface area contributed by atoms with Gasteiger partial charge in [0.1, 0.15) is 5.54 Å². The van der Waals surface area contributed by atoms with Crippen LogP contribution in [0.25, 0.3) is 0 Å². The number of Topliss-reactive ketones (excluding diaryl/α,β-unsaturated/α-hetero) is 1. The smallest absolute Gasteiger partial charge is 0.195 e. The molecule has 4 rings (SSSR count). The van der Waals surface area contributed by atoms with Gasteiger partial charge in [-0.15, -0.1) is 0 Å². The first-order valence-corrected chi connectivity index (χ1v) is 7.81. The van der Waals surface area contributed by atoms with E-state index in [2.05, 4.69) is 17.4 Å². The third-order valence-electron chi connectivity index (χ3n) is 4.49. The number of benzene rings is 3. The predicted molar refractivity (Wildman–Crippen MR) is 92.7 cm³/mol. The van der Waals surface area contributed by atoms with Crippen molar-refractivity contribution in [1.82, 2.24) is 0 Å². The molecule has 0 saturated carbocycles. The first kappa shape index (κ1) is 13.8. The highest BCUT2D eigenvalue weighted by Gasteiger charge is 2.46. The van der Waals surface area contributed by atoms with Gasteiger partial charge in [0.05, 0.1) is 0 Å². The van der Waals surface area contributed by atoms with Crippen LogP contribution >= 0.6 is 0 Å². The Hall–Kier alpha value is -2.87. The van der Waals surface area contributed by atoms with E-state index < -0.39 is 5.54 Å². The summed E-state index contributed by atoms with van der Waals surface area (Å²) in [5.74, 6) is 0.142. The maximum absolute atomic E-state index is 13.3. The second-order valence-corrected chi connectivity index (χ2v) is 5.93. The maximum atomic E-state index is 13.3. The van der Waals surface area contributed by atoms with Gasteiger partial charge in [-0.3, -0.25) is 4.79 Å². The minimum atomic E-state index is -0.730. The third-order valence-corrected chi connectivity index (χ3v) is 4.49. The van der Waals surface area contributed by atoms with Crippen molar-refractivity contribution in [3.63, 3.8) is 0 Å². The molecule has 112 valence electrons. The van der Waals surface area contributed by atoms with Crippen LogP contribution < -0.4 is 5.32 Å². The fourth-order valence-corrected chi connectivity index (χ4v) is 3.36. The minimum Gasteiger partial charge on any atom is -0.368 e. The van der Waals surface area contributed by atoms with E-state index in [1.165, 1.54) is 0 Å². The van der Waals surface area contributed by atoms with Gasteiger partial charge in [-0.2, -0.15) is 0 Å². The van der Waals surface area contributed by atoms with Gasteiger partial charge < -0.3 is 5.32 Å². The van der Waals surface area contributed by atoms with Crippen molar-refractivity contribution in [1.29, 1.82) is 0 Å². The number of nitrogens with one attached hydrogen (secondary N) is 1. The second-order valence-electron chi connectivity index (χ2n) is 5.93. The second kappa shape index (κ2) is 5.40. The Bertz CT molecular complexity index is 842. The van der Waals surface area contributed by atoms with E-state index in [0.717, 1.165) is 22.4 Å². The minimum absolute atomic E-state index is 0.142. The molecule has 0 bridgehead atoms. The molecular weight excluding hydrogens is 282 g/mol. The fourth-order valence-electron chi connectivity index (χ4n) is 3.36. The molecule has 1 unspecified atom stereocenters. The van der Waals surface area contributed by atoms with Crippen molar-refractivity contribution in [3.05, 3.63) is 102 Å². The van der Waals surface area contributed by atoms with Gasteiger partial charge >= 0.3 is 0 Å². The molecule has 1 aliphatic heterocycles. The van der Waals surface area contributed by atoms with Gasteiger partial charge in [0.2, 0.25) is 0 Å². The van der Waals surface area contributed by atoms with Crippen LogP contribution in [0.5, 0.6) is 0 Å². The summed E-state index contributed by atoms with van der Waals surface area (Å²) in [7, 11) is 0. The van der Waals surface area contributed by atoms with Gasteiger partial charge in [0, 0.05) is 17.7 Å². The number of hydrogen-bond donors (Lipinski definition) is 1. The molecule has 0 amide bonds. The molecule has 2 heteroatoms. The van der Waals surface area contributed by atoms with Crippen molar-refractivity contribution >= 4 is 11.5 Å². The van der Waals surface area contributed by atoms with E-state index in [1.54, 1.807) is 0 Å². The lowest BCUT2D eigenvalue weighted by molar-refractivity contribution is 0.0916. The van der Waals surface area contributed by atoms with Crippen LogP contribution in [0.2, 0.25) is 0 Å². The Morgan fingerprint density at radius 2 is 1.35 bits per heavy atom. The summed E-state index contributed by atoms with van der Waals surface area (Å²) in [5, 5.41) is 3.51. The van der Waals surface area contributed by atoms with Gasteiger partial charge in [-0.1, -0.05) is 72.8 Å². The molecule has 3 aromatic rings. The van der Waals surface area contributed by atoms with E-state index in [1.807, 2.05) is 72.8 Å². The van der Waals surface area contributed by atoms with Crippen molar-refractivity contribution in [3.8, 4) is 0 Å². The van der Waals surface area contributed by atoms with Crippen molar-refractivity contribution in [2.75, 3.05) is 5.32 Å². The molecule has 0 aromatic heterocycles. The molecule has 3 aromatic carbocycles. The quantitative estimate of drug-likeness (QED) is 0.775. The number of fused-ring (bicyclic) bond motifs is 1. The Balaban J connectivity index is 1.85. The predicted octanol–water partition coefficient (Wildman–Crippen LogP) is 4.43. The highest BCUT2D eigenvalue weighted by atomic mass is 16.1. The molecule has 1 atom stereocenters. The molecule has 0 aliphatic carbocycles. The van der Waals surface area contributed by atoms with Crippen molar-refractivity contribution < 1.29 is 4.79 Å². The van der Waals surface area contributed by atoms with E-state index in [9.17, 15) is 4.79 Å². The van der Waals surface area contributed by atoms with E-state index >= 15 is 0 Å². The summed E-state index contributed by atoms with van der Waals surface area (Å²) < 4.78 is 0. The van der Waals surface area contributed by atoms with Crippen LogP contribution in [-0.4, -0.2) is 5.78 Å². The lowest BCUT2D eigenvalue weighted by Crippen LogP contribution is -2.40. The maximum Gasteiger partial charge on any atom is 0.195 e. The molecule has 0 spiro atoms. The highest BCUT2D eigenvalue weighted by Crippen LogP contribution is 2.41. The van der Waals surface area contributed by atoms with Crippen LogP contribution in [0.15, 0.2) is 84.9 Å². The zero-order valence-electron chi connectivity index (χ0n) is 12.7. The van der Waals surface area contributed by atoms with Crippen LogP contribution in [0.3, 0.4) is 0 Å². The molecule has 0 fully saturated rings. The normalized spacial score (nSPS) is 19.2. The summed E-state index contributed by atoms with van der Waals surface area (Å²) in [6.45, 7) is 0. The van der Waals surface area contributed by atoms with Crippen LogP contribution in [-0.2, 0) is 12.0 Å². The summed E-state index contributed by atoms with van der Waals surface area (Å²) in [6.07, 6.45) is 0.630. The number of rotatable bonds is 3. The summed E-state index contributed by atoms with van der Waals surface area (Å²) in [4.78, 5) is 13.3. The van der Waals surface area contributed by atoms with Crippen LogP contribution in [0.1, 0.15) is 21.5 Å². The zero-order chi connectivity index (χ0) is 15.7. The SMILES string of the molecule is O=C1c2ccccc2NC1(Cc1ccccc1)c1ccccc1. The Labute approximate surface area is 135 Å². The van der Waals surface area contributed by atoms with Gasteiger partial charge in [0.15, 0.2) is 5.78 Å². The topological polar surface area (TPSA) is 29.1 Å². The lowest BCUT2D eigenvalue weighted by Gasteiger charge is -2.29. The highest BCUT2D eigenvalue weighted by molar-refractivity contribution is 6.13. The summed E-state index contributed by atoms with van der Waals surface area (Å²) in [5.41, 5.74) is 3.10. The molecule has 0 radical (unpaired) electrons. The number of anilines is 1. The average molecular weight is 299 g/mol. The largest absolute Gasteiger partial charge is 0.368 e. The Kier molecular flexibility index (Phi) is 3.23. The first-order chi connectivity index (χ1) is 11.3. The number of para-hydroxylation sites is 1. The van der Waals surface area contributed by atoms with Crippen molar-refractivity contribution in [2.45, 2.75) is 12.0 Å². The molecule has 2 nitrogen and oxygen atoms in total. The van der Waals surface area contributed by atoms with E-state index in [4.69, 9.17) is 0 Å². The van der Waals surface area contributed by atoms with E-state index in [0.29, 0.717) is 6.42 Å². The molecule has 0 saturated heterocycles. The molecule has 1 heterocycles. The molecule has 1 aliphatic rings. The average Bonchev–Trinajstić information content (AvgIpc) is 2.90. The van der Waals surface area contributed by atoms with Crippen LogP contribution in [0.4, 0.5) is 5.69 Å². The summed E-state index contributed by atoms with van der Waals surface area (Å²) in [6, 6.07) is 27.9. The third kappa shape index (κ3) is 2.23. The number of carbonyl (C=O) groups is 1. The van der Waals surface area contributed by atoms with Gasteiger partial charge in [-0.25, -0.2) is 0 Å². The van der Waals surface area contributed by atoms with Crippen molar-refractivity contribution in [2.24, 2.45) is 0 Å². The van der Waals surface area contributed by atoms with Gasteiger partial charge in [0.25, 0.3) is 0 Å². The number of ketones is 1. The molecular formula is C21H17NO. The summed E-state index contributed by atoms with van der Waals surface area (Å²) >= 11 is 0. The van der Waals surface area contributed by atoms with Gasteiger partial charge in [-0.05, 0) is 23.3 Å². The first-order valence-electron chi connectivity index (χ1n) is 7.81. The number of hydrogen-bond acceptors (Lipinski definition) is 2. The standard InChI is InChI=1S/C21H17NO/c23-20-18-13-7-8-14-19(18)22-21(20,17-11-5-2-6-12-17)15-16-9-3-1-4-10-16/h1-14,22H,15H2. The molecule has 23 heavy (non-hydrogen) atoms. The van der Waals surface area contributed by atoms with E-state index in [-0.39, 0.29) is 5.78 Å². The monoisotopic (exact) mass is 299 g/mol. The lowest BCUT2D eigenvalue weighted by atomic mass is 9.80. The Morgan fingerprint density at radius 3 is 2.04 bits per heavy atom. The zero-order valence-corrected chi connectivity index (χ0v) is 12.7. The Morgan fingerprint density at radius 1 is 0.739 bits per heavy atom.